The van der Waals surface area contributed by atoms with Gasteiger partial charge in [0, 0.05) is 25.6 Å². The molecular formula is C22H24F2N2O2. The van der Waals surface area contributed by atoms with Gasteiger partial charge in [-0.3, -0.25) is 9.59 Å². The summed E-state index contributed by atoms with van der Waals surface area (Å²) in [6, 6.07) is 11.8. The van der Waals surface area contributed by atoms with E-state index in [-0.39, 0.29) is 36.3 Å². The van der Waals surface area contributed by atoms with Crippen LogP contribution in [0.2, 0.25) is 0 Å². The number of benzene rings is 2. The maximum Gasteiger partial charge on any atom is 0.256 e. The molecule has 148 valence electrons. The molecule has 2 amide bonds. The van der Waals surface area contributed by atoms with E-state index in [0.717, 1.165) is 18.4 Å². The van der Waals surface area contributed by atoms with Gasteiger partial charge in [-0.05, 0) is 36.2 Å². The third-order valence-corrected chi connectivity index (χ3v) is 5.18. The van der Waals surface area contributed by atoms with Crippen molar-refractivity contribution < 1.29 is 18.4 Å². The minimum atomic E-state index is -0.582. The second kappa shape index (κ2) is 8.95. The van der Waals surface area contributed by atoms with Crippen LogP contribution in [0.5, 0.6) is 0 Å². The van der Waals surface area contributed by atoms with Crippen LogP contribution in [0.15, 0.2) is 48.5 Å². The van der Waals surface area contributed by atoms with E-state index in [1.807, 2.05) is 6.92 Å². The highest BCUT2D eigenvalue weighted by Gasteiger charge is 2.40. The van der Waals surface area contributed by atoms with E-state index in [9.17, 15) is 18.4 Å². The summed E-state index contributed by atoms with van der Waals surface area (Å²) in [6.07, 6.45) is 1.84. The fourth-order valence-electron chi connectivity index (χ4n) is 3.61. The molecule has 1 aliphatic rings. The predicted octanol–water partition coefficient (Wildman–Crippen LogP) is 3.74. The molecule has 28 heavy (non-hydrogen) atoms. The van der Waals surface area contributed by atoms with Gasteiger partial charge in [-0.25, -0.2) is 8.78 Å². The van der Waals surface area contributed by atoms with E-state index in [4.69, 9.17) is 0 Å². The van der Waals surface area contributed by atoms with Crippen LogP contribution in [0, 0.1) is 17.6 Å². The Hall–Kier alpha value is -2.76. The molecule has 2 atom stereocenters. The van der Waals surface area contributed by atoms with Gasteiger partial charge in [-0.1, -0.05) is 37.6 Å². The first-order valence-electron chi connectivity index (χ1n) is 9.58. The van der Waals surface area contributed by atoms with Crippen molar-refractivity contribution in [2.75, 3.05) is 19.6 Å². The minimum absolute atomic E-state index is 0.00704. The van der Waals surface area contributed by atoms with Crippen LogP contribution in [-0.2, 0) is 4.79 Å². The summed E-state index contributed by atoms with van der Waals surface area (Å²) in [6.45, 7) is 3.10. The van der Waals surface area contributed by atoms with E-state index >= 15 is 0 Å². The average molecular weight is 386 g/mol. The van der Waals surface area contributed by atoms with Crippen molar-refractivity contribution in [2.24, 2.45) is 5.92 Å². The number of likely N-dealkylation sites (tertiary alicyclic amines) is 1. The molecule has 1 aliphatic heterocycles. The fraction of sp³-hybridized carbons (Fsp3) is 0.364. The maximum absolute atomic E-state index is 14.1. The Morgan fingerprint density at radius 2 is 1.79 bits per heavy atom. The van der Waals surface area contributed by atoms with Crippen molar-refractivity contribution in [3.63, 3.8) is 0 Å². The summed E-state index contributed by atoms with van der Waals surface area (Å²) >= 11 is 0. The smallest absolute Gasteiger partial charge is 0.256 e. The van der Waals surface area contributed by atoms with Gasteiger partial charge in [0.15, 0.2) is 0 Å². The van der Waals surface area contributed by atoms with Crippen LogP contribution in [0.25, 0.3) is 0 Å². The summed E-state index contributed by atoms with van der Waals surface area (Å²) < 4.78 is 27.4. The van der Waals surface area contributed by atoms with Crippen LogP contribution in [0.3, 0.4) is 0 Å². The SMILES string of the molecule is CCCCNC(=O)C1CN(C(=O)c2ccccc2F)CC1c1ccc(F)cc1. The van der Waals surface area contributed by atoms with Crippen LogP contribution >= 0.6 is 0 Å². The van der Waals surface area contributed by atoms with E-state index < -0.39 is 17.6 Å². The van der Waals surface area contributed by atoms with Gasteiger partial charge in [-0.15, -0.1) is 0 Å². The highest BCUT2D eigenvalue weighted by atomic mass is 19.1. The second-order valence-electron chi connectivity index (χ2n) is 7.10. The lowest BCUT2D eigenvalue weighted by Crippen LogP contribution is -2.36. The number of halogens is 2. The highest BCUT2D eigenvalue weighted by molar-refractivity contribution is 5.95. The largest absolute Gasteiger partial charge is 0.356 e. The quantitative estimate of drug-likeness (QED) is 0.769. The minimum Gasteiger partial charge on any atom is -0.356 e. The van der Waals surface area contributed by atoms with Gasteiger partial charge in [0.25, 0.3) is 5.91 Å². The molecule has 2 unspecified atom stereocenters. The number of carbonyl (C=O) groups excluding carboxylic acids is 2. The number of hydrogen-bond acceptors (Lipinski definition) is 2. The number of nitrogens with zero attached hydrogens (tertiary/aromatic N) is 1. The zero-order valence-corrected chi connectivity index (χ0v) is 15.8. The Kier molecular flexibility index (Phi) is 6.39. The first-order valence-corrected chi connectivity index (χ1v) is 9.58. The molecule has 0 saturated carbocycles. The Morgan fingerprint density at radius 3 is 2.46 bits per heavy atom. The van der Waals surface area contributed by atoms with Crippen LogP contribution < -0.4 is 5.32 Å². The number of hydrogen-bond donors (Lipinski definition) is 1. The summed E-state index contributed by atoms with van der Waals surface area (Å²) in [5, 5.41) is 2.92. The van der Waals surface area contributed by atoms with E-state index in [2.05, 4.69) is 5.32 Å². The van der Waals surface area contributed by atoms with E-state index in [0.29, 0.717) is 6.54 Å². The fourth-order valence-corrected chi connectivity index (χ4v) is 3.61. The molecular weight excluding hydrogens is 362 g/mol. The summed E-state index contributed by atoms with van der Waals surface area (Å²) in [7, 11) is 0. The lowest BCUT2D eigenvalue weighted by Gasteiger charge is -2.18. The third-order valence-electron chi connectivity index (χ3n) is 5.18. The van der Waals surface area contributed by atoms with Crippen molar-refractivity contribution in [1.82, 2.24) is 10.2 Å². The number of rotatable bonds is 6. The molecule has 2 aromatic carbocycles. The monoisotopic (exact) mass is 386 g/mol. The molecule has 4 nitrogen and oxygen atoms in total. The molecule has 3 rings (SSSR count). The molecule has 0 bridgehead atoms. The Morgan fingerprint density at radius 1 is 1.07 bits per heavy atom. The molecule has 1 saturated heterocycles. The Bertz CT molecular complexity index is 839. The standard InChI is InChI=1S/C22H24F2N2O2/c1-2-3-12-25-21(27)19-14-26(22(28)17-6-4-5-7-20(17)24)13-18(19)15-8-10-16(23)11-9-15/h4-11,18-19H,2-3,12-14H2,1H3,(H,25,27). The van der Waals surface area contributed by atoms with Crippen molar-refractivity contribution in [3.8, 4) is 0 Å². The van der Waals surface area contributed by atoms with E-state index in [1.54, 1.807) is 18.2 Å². The number of nitrogens with one attached hydrogen (secondary N) is 1. The van der Waals surface area contributed by atoms with Gasteiger partial charge < -0.3 is 10.2 Å². The highest BCUT2D eigenvalue weighted by Crippen LogP contribution is 2.34. The second-order valence-corrected chi connectivity index (χ2v) is 7.10. The summed E-state index contributed by atoms with van der Waals surface area (Å²) in [4.78, 5) is 27.1. The molecule has 1 fully saturated rings. The summed E-state index contributed by atoms with van der Waals surface area (Å²) in [5.74, 6) is -2.23. The zero-order chi connectivity index (χ0) is 20.1. The van der Waals surface area contributed by atoms with Gasteiger partial charge >= 0.3 is 0 Å². The molecule has 0 spiro atoms. The summed E-state index contributed by atoms with van der Waals surface area (Å²) in [5.41, 5.74) is 0.785. The van der Waals surface area contributed by atoms with Gasteiger partial charge in [0.1, 0.15) is 11.6 Å². The molecule has 2 aromatic rings. The van der Waals surface area contributed by atoms with Gasteiger partial charge in [-0.2, -0.15) is 0 Å². The molecule has 1 heterocycles. The molecule has 0 aromatic heterocycles. The molecule has 6 heteroatoms. The topological polar surface area (TPSA) is 49.4 Å². The normalized spacial score (nSPS) is 18.9. The maximum atomic E-state index is 14.1. The molecule has 0 aliphatic carbocycles. The zero-order valence-electron chi connectivity index (χ0n) is 15.8. The number of carbonyl (C=O) groups is 2. The van der Waals surface area contributed by atoms with Crippen molar-refractivity contribution in [1.29, 1.82) is 0 Å². The van der Waals surface area contributed by atoms with Crippen LogP contribution in [-0.4, -0.2) is 36.3 Å². The first-order chi connectivity index (χ1) is 13.5. The van der Waals surface area contributed by atoms with Gasteiger partial charge in [0.2, 0.25) is 5.91 Å². The Labute approximate surface area is 163 Å². The van der Waals surface area contributed by atoms with Crippen LogP contribution in [0.4, 0.5) is 8.78 Å². The van der Waals surface area contributed by atoms with Crippen LogP contribution in [0.1, 0.15) is 41.6 Å². The number of amides is 2. The third kappa shape index (κ3) is 4.38. The van der Waals surface area contributed by atoms with Crippen molar-refractivity contribution in [3.05, 3.63) is 71.3 Å². The lowest BCUT2D eigenvalue weighted by atomic mass is 9.88. The molecule has 0 radical (unpaired) electrons. The lowest BCUT2D eigenvalue weighted by molar-refractivity contribution is -0.124. The van der Waals surface area contributed by atoms with Crippen molar-refractivity contribution >= 4 is 11.8 Å². The molecule has 1 N–H and O–H groups in total. The Balaban J connectivity index is 1.83. The van der Waals surface area contributed by atoms with Crippen molar-refractivity contribution in [2.45, 2.75) is 25.7 Å². The number of unbranched alkanes of at least 4 members (excludes halogenated alkanes) is 1. The average Bonchev–Trinajstić information content (AvgIpc) is 3.14. The first kappa shape index (κ1) is 20.0. The predicted molar refractivity (Wildman–Crippen MR) is 103 cm³/mol. The van der Waals surface area contributed by atoms with Gasteiger partial charge in [0.05, 0.1) is 11.5 Å². The van der Waals surface area contributed by atoms with E-state index in [1.165, 1.54) is 35.2 Å².